The van der Waals surface area contributed by atoms with Gasteiger partial charge in [-0.05, 0) is 32.0 Å². The Morgan fingerprint density at radius 2 is 1.96 bits per heavy atom. The van der Waals surface area contributed by atoms with Gasteiger partial charge in [0.2, 0.25) is 0 Å². The molecule has 2 rings (SSSR count). The van der Waals surface area contributed by atoms with Crippen molar-refractivity contribution in [3.05, 3.63) is 29.6 Å². The number of nitrogens with zero attached hydrogens (tertiary/aromatic N) is 1. The molecular weight excluding hydrogens is 332 g/mol. The Hall–Kier alpha value is -2.16. The number of carbonyl (C=O) groups excluding carboxylic acids is 2. The lowest BCUT2D eigenvalue weighted by Gasteiger charge is -2.37. The van der Waals surface area contributed by atoms with Crippen LogP contribution < -0.4 is 5.32 Å². The standard InChI is InChI=1S/C15H16F4N2O3/c1-8-9(2)24-6-5-21(8)14(23)13(22)20-12-4-3-10(16)7-11(12)15(17,18)19/h3-4,7-9H,5-6H2,1-2H3,(H,20,22)/t8-,9+/m1/s1. The predicted molar refractivity (Wildman–Crippen MR) is 76.6 cm³/mol. The monoisotopic (exact) mass is 348 g/mol. The number of hydrogen-bond donors (Lipinski definition) is 1. The zero-order valence-electron chi connectivity index (χ0n) is 13.0. The first kappa shape index (κ1) is 18.2. The third kappa shape index (κ3) is 3.84. The van der Waals surface area contributed by atoms with E-state index in [0.29, 0.717) is 0 Å². The number of alkyl halides is 3. The molecule has 24 heavy (non-hydrogen) atoms. The molecule has 0 aliphatic carbocycles. The maximum atomic E-state index is 13.1. The first-order valence-corrected chi connectivity index (χ1v) is 7.21. The van der Waals surface area contributed by atoms with Gasteiger partial charge in [-0.25, -0.2) is 4.39 Å². The summed E-state index contributed by atoms with van der Waals surface area (Å²) in [7, 11) is 0. The summed E-state index contributed by atoms with van der Waals surface area (Å²) >= 11 is 0. The van der Waals surface area contributed by atoms with Gasteiger partial charge in [-0.1, -0.05) is 0 Å². The van der Waals surface area contributed by atoms with E-state index in [1.54, 1.807) is 13.8 Å². The molecule has 1 fully saturated rings. The van der Waals surface area contributed by atoms with E-state index in [4.69, 9.17) is 4.74 Å². The van der Waals surface area contributed by atoms with Crippen molar-refractivity contribution < 1.29 is 31.9 Å². The van der Waals surface area contributed by atoms with Crippen molar-refractivity contribution >= 4 is 17.5 Å². The summed E-state index contributed by atoms with van der Waals surface area (Å²) in [4.78, 5) is 25.4. The average Bonchev–Trinajstić information content (AvgIpc) is 2.50. The average molecular weight is 348 g/mol. The molecule has 1 N–H and O–H groups in total. The van der Waals surface area contributed by atoms with Crippen LogP contribution in [0.2, 0.25) is 0 Å². The summed E-state index contributed by atoms with van der Waals surface area (Å²) in [5.41, 5.74) is -2.02. The molecule has 0 saturated carbocycles. The summed E-state index contributed by atoms with van der Waals surface area (Å²) in [6.07, 6.45) is -5.17. The van der Waals surface area contributed by atoms with Gasteiger partial charge in [0.15, 0.2) is 0 Å². The summed E-state index contributed by atoms with van der Waals surface area (Å²) in [6, 6.07) is 1.41. The Balaban J connectivity index is 2.19. The molecule has 5 nitrogen and oxygen atoms in total. The minimum absolute atomic E-state index is 0.160. The van der Waals surface area contributed by atoms with Crippen molar-refractivity contribution in [1.82, 2.24) is 4.90 Å². The van der Waals surface area contributed by atoms with Crippen molar-refractivity contribution in [2.75, 3.05) is 18.5 Å². The number of anilines is 1. The van der Waals surface area contributed by atoms with Gasteiger partial charge in [-0.3, -0.25) is 9.59 Å². The van der Waals surface area contributed by atoms with Gasteiger partial charge in [0.05, 0.1) is 30.0 Å². The van der Waals surface area contributed by atoms with Crippen LogP contribution >= 0.6 is 0 Å². The summed E-state index contributed by atoms with van der Waals surface area (Å²) < 4.78 is 57.1. The number of carbonyl (C=O) groups is 2. The molecule has 0 spiro atoms. The lowest BCUT2D eigenvalue weighted by atomic mass is 10.1. The highest BCUT2D eigenvalue weighted by molar-refractivity contribution is 6.39. The fourth-order valence-electron chi connectivity index (χ4n) is 2.39. The number of benzene rings is 1. The quantitative estimate of drug-likeness (QED) is 0.626. The van der Waals surface area contributed by atoms with Crippen molar-refractivity contribution in [3.8, 4) is 0 Å². The van der Waals surface area contributed by atoms with E-state index >= 15 is 0 Å². The van der Waals surface area contributed by atoms with E-state index in [1.165, 1.54) is 4.90 Å². The first-order valence-electron chi connectivity index (χ1n) is 7.21. The van der Waals surface area contributed by atoms with Crippen LogP contribution in [0.3, 0.4) is 0 Å². The molecule has 0 bridgehead atoms. The SMILES string of the molecule is C[C@@H]1OCCN(C(=O)C(=O)Nc2ccc(F)cc2C(F)(F)F)[C@@H]1C. The Bertz CT molecular complexity index is 648. The molecule has 1 aromatic rings. The summed E-state index contributed by atoms with van der Waals surface area (Å²) in [5.74, 6) is -3.27. The lowest BCUT2D eigenvalue weighted by Crippen LogP contribution is -2.54. The van der Waals surface area contributed by atoms with E-state index in [0.717, 1.165) is 12.1 Å². The topological polar surface area (TPSA) is 58.6 Å². The molecule has 0 unspecified atom stereocenters. The molecule has 1 aromatic carbocycles. The van der Waals surface area contributed by atoms with E-state index in [1.807, 2.05) is 5.32 Å². The molecule has 9 heteroatoms. The van der Waals surface area contributed by atoms with Crippen molar-refractivity contribution in [2.24, 2.45) is 0 Å². The minimum atomic E-state index is -4.87. The third-order valence-electron chi connectivity index (χ3n) is 3.87. The second kappa shape index (κ2) is 6.76. The van der Waals surface area contributed by atoms with Crippen LogP contribution in [0.1, 0.15) is 19.4 Å². The van der Waals surface area contributed by atoms with Gasteiger partial charge in [-0.15, -0.1) is 0 Å². The molecule has 2 amide bonds. The first-order chi connectivity index (χ1) is 11.1. The highest BCUT2D eigenvalue weighted by Gasteiger charge is 2.36. The van der Waals surface area contributed by atoms with E-state index < -0.39 is 41.1 Å². The van der Waals surface area contributed by atoms with Crippen molar-refractivity contribution in [2.45, 2.75) is 32.2 Å². The van der Waals surface area contributed by atoms with Crippen molar-refractivity contribution in [3.63, 3.8) is 0 Å². The number of halogens is 4. The zero-order valence-corrected chi connectivity index (χ0v) is 13.0. The maximum absolute atomic E-state index is 13.1. The van der Waals surface area contributed by atoms with E-state index in [2.05, 4.69) is 0 Å². The fourth-order valence-corrected chi connectivity index (χ4v) is 2.39. The molecule has 0 radical (unpaired) electrons. The number of hydrogen-bond acceptors (Lipinski definition) is 3. The second-order valence-electron chi connectivity index (χ2n) is 5.46. The summed E-state index contributed by atoms with van der Waals surface area (Å²) in [6.45, 7) is 3.79. The number of amides is 2. The van der Waals surface area contributed by atoms with Crippen LogP contribution in [0.15, 0.2) is 18.2 Å². The highest BCUT2D eigenvalue weighted by Crippen LogP contribution is 2.35. The maximum Gasteiger partial charge on any atom is 0.418 e. The van der Waals surface area contributed by atoms with E-state index in [-0.39, 0.29) is 25.3 Å². The van der Waals surface area contributed by atoms with Gasteiger partial charge in [0, 0.05) is 6.54 Å². The number of rotatable bonds is 1. The molecule has 0 aromatic heterocycles. The largest absolute Gasteiger partial charge is 0.418 e. The molecule has 132 valence electrons. The van der Waals surface area contributed by atoms with Crippen LogP contribution in [0.4, 0.5) is 23.2 Å². The van der Waals surface area contributed by atoms with E-state index in [9.17, 15) is 27.2 Å². The van der Waals surface area contributed by atoms with Crippen LogP contribution in [0.25, 0.3) is 0 Å². The van der Waals surface area contributed by atoms with Gasteiger partial charge < -0.3 is 15.0 Å². The van der Waals surface area contributed by atoms with Gasteiger partial charge in [0.1, 0.15) is 5.82 Å². The molecular formula is C15H16F4N2O3. The Kier molecular flexibility index (Phi) is 5.12. The number of nitrogens with one attached hydrogen (secondary N) is 1. The predicted octanol–water partition coefficient (Wildman–Crippen LogP) is 2.42. The van der Waals surface area contributed by atoms with Gasteiger partial charge in [-0.2, -0.15) is 13.2 Å². The lowest BCUT2D eigenvalue weighted by molar-refractivity contribution is -0.152. The van der Waals surface area contributed by atoms with Crippen molar-refractivity contribution in [1.29, 1.82) is 0 Å². The minimum Gasteiger partial charge on any atom is -0.375 e. The Morgan fingerprint density at radius 1 is 1.29 bits per heavy atom. The number of ether oxygens (including phenoxy) is 1. The smallest absolute Gasteiger partial charge is 0.375 e. The molecule has 1 heterocycles. The second-order valence-corrected chi connectivity index (χ2v) is 5.46. The zero-order chi connectivity index (χ0) is 18.1. The fraction of sp³-hybridized carbons (Fsp3) is 0.467. The summed E-state index contributed by atoms with van der Waals surface area (Å²) in [5, 5.41) is 1.92. The molecule has 1 aliphatic heterocycles. The highest BCUT2D eigenvalue weighted by atomic mass is 19.4. The normalized spacial score (nSPS) is 21.5. The number of morpholine rings is 1. The van der Waals surface area contributed by atoms with Crippen LogP contribution in [0.5, 0.6) is 0 Å². The third-order valence-corrected chi connectivity index (χ3v) is 3.87. The molecule has 2 atom stereocenters. The van der Waals surface area contributed by atoms with Gasteiger partial charge in [0.25, 0.3) is 0 Å². The Morgan fingerprint density at radius 3 is 2.58 bits per heavy atom. The Labute approximate surface area is 135 Å². The van der Waals surface area contributed by atoms with Crippen LogP contribution in [-0.4, -0.2) is 42.0 Å². The molecule has 1 saturated heterocycles. The van der Waals surface area contributed by atoms with Gasteiger partial charge >= 0.3 is 18.0 Å². The van der Waals surface area contributed by atoms with Crippen LogP contribution in [0, 0.1) is 5.82 Å². The van der Waals surface area contributed by atoms with Crippen LogP contribution in [-0.2, 0) is 20.5 Å². The molecule has 1 aliphatic rings.